The fourth-order valence-corrected chi connectivity index (χ4v) is 3.44. The molecule has 6 nitrogen and oxygen atoms in total. The normalized spacial score (nSPS) is 16.4. The van der Waals surface area contributed by atoms with Crippen LogP contribution in [-0.2, 0) is 9.59 Å². The molecule has 0 unspecified atom stereocenters. The number of anilines is 1. The van der Waals surface area contributed by atoms with Crippen LogP contribution in [0.15, 0.2) is 42.0 Å². The van der Waals surface area contributed by atoms with Crippen molar-refractivity contribution in [2.75, 3.05) is 12.0 Å². The van der Waals surface area contributed by atoms with E-state index in [0.717, 1.165) is 11.3 Å². The Morgan fingerprint density at radius 3 is 2.65 bits per heavy atom. The van der Waals surface area contributed by atoms with Crippen LogP contribution in [0.1, 0.15) is 25.8 Å². The van der Waals surface area contributed by atoms with Gasteiger partial charge in [0.1, 0.15) is 11.4 Å². The maximum absolute atomic E-state index is 14.3. The summed E-state index contributed by atoms with van der Waals surface area (Å²) in [4.78, 5) is 26.5. The molecular formula is C22H20ClFN2O4S. The lowest BCUT2D eigenvalue weighted by atomic mass is 10.1. The molecular weight excluding hydrogens is 443 g/mol. The van der Waals surface area contributed by atoms with Crippen molar-refractivity contribution in [2.45, 2.75) is 26.4 Å². The molecule has 0 saturated carbocycles. The van der Waals surface area contributed by atoms with Crippen molar-refractivity contribution in [3.05, 3.63) is 58.4 Å². The van der Waals surface area contributed by atoms with Crippen LogP contribution in [0.4, 0.5) is 10.1 Å². The predicted octanol–water partition coefficient (Wildman–Crippen LogP) is 4.50. The van der Waals surface area contributed by atoms with E-state index in [1.54, 1.807) is 18.2 Å². The molecule has 2 aromatic rings. The lowest BCUT2D eigenvalue weighted by Crippen LogP contribution is -2.54. The standard InChI is InChI=1S/C22H20ClFN2O4S/c1-4-12(2)30-19-15(23)10-13(11-18(19)29-3)9-14-20(27)25-22(31)26(21(14)28)17-8-6-5-7-16(17)24/h5-12H,4H2,1-3H3,(H,25,27,31)/b14-9+/t12-/m0/s1. The Kier molecular flexibility index (Phi) is 6.92. The van der Waals surface area contributed by atoms with Gasteiger partial charge >= 0.3 is 0 Å². The topological polar surface area (TPSA) is 67.9 Å². The average molecular weight is 463 g/mol. The van der Waals surface area contributed by atoms with Crippen LogP contribution >= 0.6 is 23.8 Å². The number of benzene rings is 2. The lowest BCUT2D eigenvalue weighted by molar-refractivity contribution is -0.122. The number of amides is 2. The van der Waals surface area contributed by atoms with Gasteiger partial charge in [-0.15, -0.1) is 0 Å². The predicted molar refractivity (Wildman–Crippen MR) is 121 cm³/mol. The molecule has 1 saturated heterocycles. The maximum atomic E-state index is 14.3. The quantitative estimate of drug-likeness (QED) is 0.389. The monoisotopic (exact) mass is 462 g/mol. The highest BCUT2D eigenvalue weighted by atomic mass is 35.5. The summed E-state index contributed by atoms with van der Waals surface area (Å²) in [6.07, 6.45) is 2.03. The zero-order valence-electron chi connectivity index (χ0n) is 17.1. The van der Waals surface area contributed by atoms with E-state index in [0.29, 0.717) is 17.1 Å². The van der Waals surface area contributed by atoms with Gasteiger partial charge in [-0.2, -0.15) is 0 Å². The number of para-hydroxylation sites is 1. The fourth-order valence-electron chi connectivity index (χ4n) is 2.90. The van der Waals surface area contributed by atoms with E-state index < -0.39 is 17.6 Å². The van der Waals surface area contributed by atoms with Crippen molar-refractivity contribution < 1.29 is 23.5 Å². The van der Waals surface area contributed by atoms with Crippen molar-refractivity contribution in [3.63, 3.8) is 0 Å². The van der Waals surface area contributed by atoms with E-state index in [4.69, 9.17) is 33.3 Å². The minimum Gasteiger partial charge on any atom is -0.493 e. The summed E-state index contributed by atoms with van der Waals surface area (Å²) < 4.78 is 25.5. The number of nitrogens with zero attached hydrogens (tertiary/aromatic N) is 1. The fraction of sp³-hybridized carbons (Fsp3) is 0.227. The highest BCUT2D eigenvalue weighted by molar-refractivity contribution is 7.80. The molecule has 0 aromatic heterocycles. The first-order valence-electron chi connectivity index (χ1n) is 9.47. The van der Waals surface area contributed by atoms with Crippen molar-refractivity contribution in [1.29, 1.82) is 0 Å². The molecule has 2 aromatic carbocycles. The average Bonchev–Trinajstić information content (AvgIpc) is 2.73. The SMILES string of the molecule is CC[C@H](C)Oc1c(Cl)cc(/C=C2\C(=O)NC(=S)N(c3ccccc3F)C2=O)cc1OC. The first-order chi connectivity index (χ1) is 14.8. The Bertz CT molecular complexity index is 1090. The van der Waals surface area contributed by atoms with Gasteiger partial charge < -0.3 is 9.47 Å². The molecule has 0 aliphatic carbocycles. The van der Waals surface area contributed by atoms with Gasteiger partial charge in [0.25, 0.3) is 11.8 Å². The number of thiocarbonyl (C=S) groups is 1. The van der Waals surface area contributed by atoms with Crippen LogP contribution in [0.3, 0.4) is 0 Å². The number of ether oxygens (including phenoxy) is 2. The number of rotatable bonds is 6. The second-order valence-electron chi connectivity index (χ2n) is 6.78. The third kappa shape index (κ3) is 4.70. The van der Waals surface area contributed by atoms with E-state index in [1.807, 2.05) is 13.8 Å². The van der Waals surface area contributed by atoms with Crippen molar-refractivity contribution in [1.82, 2.24) is 5.32 Å². The number of carbonyl (C=O) groups is 2. The van der Waals surface area contributed by atoms with Gasteiger partial charge in [0.05, 0.1) is 23.9 Å². The molecule has 1 aliphatic rings. The Morgan fingerprint density at radius 1 is 1.29 bits per heavy atom. The van der Waals surface area contributed by atoms with Crippen molar-refractivity contribution in [2.24, 2.45) is 0 Å². The first-order valence-corrected chi connectivity index (χ1v) is 10.3. The molecule has 2 amide bonds. The van der Waals surface area contributed by atoms with Crippen LogP contribution in [0.5, 0.6) is 11.5 Å². The largest absolute Gasteiger partial charge is 0.493 e. The third-order valence-electron chi connectivity index (χ3n) is 4.65. The summed E-state index contributed by atoms with van der Waals surface area (Å²) in [5.74, 6) is -1.38. The van der Waals surface area contributed by atoms with Crippen molar-refractivity contribution in [3.8, 4) is 11.5 Å². The molecule has 1 N–H and O–H groups in total. The van der Waals surface area contributed by atoms with Gasteiger partial charge in [-0.25, -0.2) is 9.29 Å². The van der Waals surface area contributed by atoms with Crippen LogP contribution in [0.25, 0.3) is 6.08 Å². The van der Waals surface area contributed by atoms with Gasteiger partial charge in [0, 0.05) is 0 Å². The van der Waals surface area contributed by atoms with E-state index in [-0.39, 0.29) is 27.5 Å². The Morgan fingerprint density at radius 2 is 2.00 bits per heavy atom. The van der Waals surface area contributed by atoms with E-state index in [2.05, 4.69) is 5.32 Å². The number of hydrogen-bond acceptors (Lipinski definition) is 5. The van der Waals surface area contributed by atoms with Gasteiger partial charge in [-0.1, -0.05) is 30.7 Å². The Labute approximate surface area is 189 Å². The molecule has 1 fully saturated rings. The summed E-state index contributed by atoms with van der Waals surface area (Å²) in [6, 6.07) is 8.80. The number of methoxy groups -OCH3 is 1. The summed E-state index contributed by atoms with van der Waals surface area (Å²) in [6.45, 7) is 3.87. The summed E-state index contributed by atoms with van der Waals surface area (Å²) in [5, 5.41) is 2.48. The second-order valence-corrected chi connectivity index (χ2v) is 7.57. The van der Waals surface area contributed by atoms with Gasteiger partial charge in [0.2, 0.25) is 0 Å². The van der Waals surface area contributed by atoms with Gasteiger partial charge in [0.15, 0.2) is 16.6 Å². The number of halogens is 2. The molecule has 0 radical (unpaired) electrons. The molecule has 162 valence electrons. The zero-order valence-corrected chi connectivity index (χ0v) is 18.6. The minimum atomic E-state index is -0.756. The first kappa shape index (κ1) is 22.7. The highest BCUT2D eigenvalue weighted by Crippen LogP contribution is 2.38. The Balaban J connectivity index is 2.03. The van der Waals surface area contributed by atoms with Crippen molar-refractivity contribution >= 4 is 52.5 Å². The molecule has 1 aliphatic heterocycles. The van der Waals surface area contributed by atoms with Gasteiger partial charge in [-0.3, -0.25) is 14.9 Å². The lowest BCUT2D eigenvalue weighted by Gasteiger charge is -2.29. The third-order valence-corrected chi connectivity index (χ3v) is 5.22. The minimum absolute atomic E-state index is 0.0590. The van der Waals surface area contributed by atoms with E-state index in [1.165, 1.54) is 31.4 Å². The number of carbonyl (C=O) groups excluding carboxylic acids is 2. The number of nitrogens with one attached hydrogen (secondary N) is 1. The second kappa shape index (κ2) is 9.45. The molecule has 1 heterocycles. The number of hydrogen-bond donors (Lipinski definition) is 1. The van der Waals surface area contributed by atoms with Crippen LogP contribution < -0.4 is 19.7 Å². The summed E-state index contributed by atoms with van der Waals surface area (Å²) >= 11 is 11.5. The Hall–Kier alpha value is -2.97. The van der Waals surface area contributed by atoms with Crippen LogP contribution in [0.2, 0.25) is 5.02 Å². The summed E-state index contributed by atoms with van der Waals surface area (Å²) in [5.41, 5.74) is 0.139. The molecule has 3 rings (SSSR count). The molecule has 0 bridgehead atoms. The molecule has 9 heteroatoms. The van der Waals surface area contributed by atoms with Crippen LogP contribution in [0, 0.1) is 5.82 Å². The molecule has 0 spiro atoms. The maximum Gasteiger partial charge on any atom is 0.270 e. The highest BCUT2D eigenvalue weighted by Gasteiger charge is 2.35. The van der Waals surface area contributed by atoms with Crippen LogP contribution in [-0.4, -0.2) is 30.1 Å². The van der Waals surface area contributed by atoms with E-state index >= 15 is 0 Å². The zero-order chi connectivity index (χ0) is 22.7. The smallest absolute Gasteiger partial charge is 0.270 e. The molecule has 1 atom stereocenters. The molecule has 31 heavy (non-hydrogen) atoms. The van der Waals surface area contributed by atoms with E-state index in [9.17, 15) is 14.0 Å². The summed E-state index contributed by atoms with van der Waals surface area (Å²) in [7, 11) is 1.46. The van der Waals surface area contributed by atoms with Gasteiger partial charge in [-0.05, 0) is 61.5 Å².